The summed E-state index contributed by atoms with van der Waals surface area (Å²) in [5.74, 6) is 0.513. The highest BCUT2D eigenvalue weighted by atomic mass is 35.5. The molecule has 49 heavy (non-hydrogen) atoms. The van der Waals surface area contributed by atoms with Crippen LogP contribution in [0.5, 0.6) is 0 Å². The molecule has 1 saturated heterocycles. The molecule has 1 amide bonds. The Bertz CT molecular complexity index is 2050. The number of rotatable bonds is 7. The molecule has 6 rings (SSSR count). The SMILES string of the molecule is CCc1c(N2CCN(C(=O)OC(C)(C)C)CC2)c(=O)n2nc(-c3cc4ccccc4s3)nc2n1CC(O)Nc1ccc(C(F)(F)F)cc1Cl. The largest absolute Gasteiger partial charge is 0.444 e. The Morgan fingerprint density at radius 3 is 2.45 bits per heavy atom. The monoisotopic (exact) mass is 717 g/mol. The summed E-state index contributed by atoms with van der Waals surface area (Å²) in [5, 5.41) is 19.5. The smallest absolute Gasteiger partial charge is 0.416 e. The zero-order chi connectivity index (χ0) is 35.2. The second-order valence-corrected chi connectivity index (χ2v) is 14.2. The molecule has 4 heterocycles. The lowest BCUT2D eigenvalue weighted by Gasteiger charge is -2.37. The van der Waals surface area contributed by atoms with Gasteiger partial charge in [0.1, 0.15) is 17.5 Å². The van der Waals surface area contributed by atoms with E-state index in [1.807, 2.05) is 42.2 Å². The number of ether oxygens (including phenoxy) is 1. The Morgan fingerprint density at radius 1 is 1.10 bits per heavy atom. The van der Waals surface area contributed by atoms with E-state index < -0.39 is 35.2 Å². The number of hydrogen-bond donors (Lipinski definition) is 2. The van der Waals surface area contributed by atoms with E-state index in [4.69, 9.17) is 21.3 Å². The molecule has 3 aromatic heterocycles. The van der Waals surface area contributed by atoms with Gasteiger partial charge in [-0.25, -0.2) is 4.79 Å². The van der Waals surface area contributed by atoms with E-state index in [0.717, 1.165) is 33.2 Å². The average molecular weight is 718 g/mol. The third kappa shape index (κ3) is 7.19. The summed E-state index contributed by atoms with van der Waals surface area (Å²) in [4.78, 5) is 36.0. The molecule has 11 nitrogen and oxygen atoms in total. The van der Waals surface area contributed by atoms with Crippen LogP contribution in [-0.2, 0) is 23.9 Å². The van der Waals surface area contributed by atoms with Gasteiger partial charge in [0.25, 0.3) is 5.56 Å². The van der Waals surface area contributed by atoms with Crippen molar-refractivity contribution in [2.75, 3.05) is 36.4 Å². The average Bonchev–Trinajstić information content (AvgIpc) is 3.67. The number of aliphatic hydroxyl groups excluding tert-OH is 1. The fourth-order valence-electron chi connectivity index (χ4n) is 5.80. The number of alkyl halides is 3. The van der Waals surface area contributed by atoms with Crippen molar-refractivity contribution in [1.29, 1.82) is 0 Å². The molecule has 1 aliphatic heterocycles. The highest BCUT2D eigenvalue weighted by Gasteiger charge is 2.32. The van der Waals surface area contributed by atoms with Crippen molar-refractivity contribution < 1.29 is 27.8 Å². The van der Waals surface area contributed by atoms with Gasteiger partial charge in [0.15, 0.2) is 5.82 Å². The molecule has 1 fully saturated rings. The fourth-order valence-corrected chi connectivity index (χ4v) is 7.02. The van der Waals surface area contributed by atoms with Gasteiger partial charge in [0.05, 0.1) is 27.7 Å². The van der Waals surface area contributed by atoms with Crippen LogP contribution in [0, 0.1) is 0 Å². The van der Waals surface area contributed by atoms with E-state index in [-0.39, 0.29) is 23.0 Å². The lowest BCUT2D eigenvalue weighted by Crippen LogP contribution is -2.51. The maximum atomic E-state index is 14.2. The zero-order valence-corrected chi connectivity index (χ0v) is 28.8. The summed E-state index contributed by atoms with van der Waals surface area (Å²) in [5.41, 5.74) is -0.947. The number of aromatic nitrogens is 4. The quantitative estimate of drug-likeness (QED) is 0.184. The van der Waals surface area contributed by atoms with E-state index in [9.17, 15) is 27.9 Å². The number of anilines is 2. The van der Waals surface area contributed by atoms with Gasteiger partial charge in [0.2, 0.25) is 5.78 Å². The van der Waals surface area contributed by atoms with E-state index in [2.05, 4.69) is 10.4 Å². The number of amides is 1. The number of halogens is 4. The molecular formula is C33H35ClF3N7O4S. The van der Waals surface area contributed by atoms with Gasteiger partial charge in [-0.2, -0.15) is 22.7 Å². The first-order valence-corrected chi connectivity index (χ1v) is 16.9. The molecule has 0 bridgehead atoms. The number of piperazine rings is 1. The van der Waals surface area contributed by atoms with Crippen LogP contribution >= 0.6 is 22.9 Å². The second-order valence-electron chi connectivity index (χ2n) is 12.7. The van der Waals surface area contributed by atoms with Crippen LogP contribution < -0.4 is 15.8 Å². The normalized spacial score (nSPS) is 14.9. The molecule has 0 radical (unpaired) electrons. The maximum Gasteiger partial charge on any atom is 0.416 e. The van der Waals surface area contributed by atoms with Gasteiger partial charge >= 0.3 is 12.3 Å². The Morgan fingerprint density at radius 2 is 1.82 bits per heavy atom. The van der Waals surface area contributed by atoms with E-state index >= 15 is 0 Å². The Hall–Kier alpha value is -4.34. The van der Waals surface area contributed by atoms with Crippen molar-refractivity contribution in [2.45, 2.75) is 58.7 Å². The predicted molar refractivity (Wildman–Crippen MR) is 184 cm³/mol. The fraction of sp³-hybridized carbons (Fsp3) is 0.394. The van der Waals surface area contributed by atoms with Crippen molar-refractivity contribution in [3.05, 3.63) is 75.2 Å². The minimum atomic E-state index is -4.58. The molecule has 16 heteroatoms. The molecular weight excluding hydrogens is 683 g/mol. The van der Waals surface area contributed by atoms with E-state index in [0.29, 0.717) is 49.8 Å². The summed E-state index contributed by atoms with van der Waals surface area (Å²) in [6, 6.07) is 12.6. The van der Waals surface area contributed by atoms with Gasteiger partial charge in [-0.1, -0.05) is 36.7 Å². The number of hydrogen-bond acceptors (Lipinski definition) is 9. The van der Waals surface area contributed by atoms with Gasteiger partial charge in [-0.15, -0.1) is 16.4 Å². The molecule has 5 aromatic rings. The minimum absolute atomic E-state index is 0.100. The van der Waals surface area contributed by atoms with E-state index in [1.165, 1.54) is 15.9 Å². The Balaban J connectivity index is 1.39. The van der Waals surface area contributed by atoms with Crippen LogP contribution in [0.25, 0.3) is 26.6 Å². The molecule has 0 spiro atoms. The molecule has 1 unspecified atom stereocenters. The van der Waals surface area contributed by atoms with Gasteiger partial charge in [-0.05, 0) is 62.9 Å². The van der Waals surface area contributed by atoms with Crippen LogP contribution in [0.1, 0.15) is 39.0 Å². The van der Waals surface area contributed by atoms with Gasteiger partial charge in [-0.3, -0.25) is 4.79 Å². The van der Waals surface area contributed by atoms with Crippen LogP contribution in [0.2, 0.25) is 5.02 Å². The topological polar surface area (TPSA) is 117 Å². The van der Waals surface area contributed by atoms with Crippen molar-refractivity contribution in [3.63, 3.8) is 0 Å². The standard InChI is InChI=1S/C33H35ClF3N7O4S/c1-5-23-27(41-12-14-42(15-13-41)31(47)48-32(2,3)4)29(46)44-30(39-28(40-44)25-16-19-8-6-7-9-24(19)49-25)43(23)18-26(45)38-22-11-10-20(17-21(22)34)33(35,36)37/h6-11,16-17,26,38,45H,5,12-15,18H2,1-4H3. The summed E-state index contributed by atoms with van der Waals surface area (Å²) in [7, 11) is 0. The number of nitrogens with zero attached hydrogens (tertiary/aromatic N) is 6. The zero-order valence-electron chi connectivity index (χ0n) is 27.2. The molecule has 1 aliphatic rings. The molecule has 0 saturated carbocycles. The van der Waals surface area contributed by atoms with Gasteiger partial charge in [0, 0.05) is 36.6 Å². The van der Waals surface area contributed by atoms with Gasteiger partial charge < -0.3 is 29.5 Å². The van der Waals surface area contributed by atoms with Crippen molar-refractivity contribution >= 4 is 56.3 Å². The third-order valence-electron chi connectivity index (χ3n) is 8.03. The number of carbonyl (C=O) groups excluding carboxylic acids is 1. The first kappa shape index (κ1) is 34.5. The maximum absolute atomic E-state index is 14.2. The van der Waals surface area contributed by atoms with Crippen molar-refractivity contribution in [1.82, 2.24) is 24.1 Å². The first-order valence-electron chi connectivity index (χ1n) is 15.7. The van der Waals surface area contributed by atoms with Crippen molar-refractivity contribution in [2.24, 2.45) is 0 Å². The third-order valence-corrected chi connectivity index (χ3v) is 9.45. The summed E-state index contributed by atoms with van der Waals surface area (Å²) in [6.07, 6.45) is -6.00. The number of thiophene rings is 1. The molecule has 2 N–H and O–H groups in total. The molecule has 260 valence electrons. The molecule has 0 aliphatic carbocycles. The van der Waals surface area contributed by atoms with Crippen LogP contribution in [0.15, 0.2) is 53.3 Å². The summed E-state index contributed by atoms with van der Waals surface area (Å²) < 4.78 is 49.1. The van der Waals surface area contributed by atoms with E-state index in [1.54, 1.807) is 30.2 Å². The molecule has 2 aromatic carbocycles. The van der Waals surface area contributed by atoms with Crippen LogP contribution in [0.3, 0.4) is 0 Å². The lowest BCUT2D eigenvalue weighted by atomic mass is 10.2. The predicted octanol–water partition coefficient (Wildman–Crippen LogP) is 6.49. The minimum Gasteiger partial charge on any atom is -0.444 e. The molecule has 1 atom stereocenters. The van der Waals surface area contributed by atoms with Crippen LogP contribution in [-0.4, -0.2) is 73.3 Å². The summed E-state index contributed by atoms with van der Waals surface area (Å²) in [6.45, 7) is 8.43. The Kier molecular flexibility index (Phi) is 9.28. The van der Waals surface area contributed by atoms with Crippen molar-refractivity contribution in [3.8, 4) is 10.7 Å². The van der Waals surface area contributed by atoms with Crippen LogP contribution in [0.4, 0.5) is 29.3 Å². The lowest BCUT2D eigenvalue weighted by molar-refractivity contribution is -0.137. The number of carbonyl (C=O) groups is 1. The number of nitrogens with one attached hydrogen (secondary N) is 1. The highest BCUT2D eigenvalue weighted by molar-refractivity contribution is 7.22. The highest BCUT2D eigenvalue weighted by Crippen LogP contribution is 2.35. The first-order chi connectivity index (χ1) is 23.1. The number of benzene rings is 2. The number of fused-ring (bicyclic) bond motifs is 2. The number of aliphatic hydroxyl groups is 1. The second kappa shape index (κ2) is 13.2. The summed E-state index contributed by atoms with van der Waals surface area (Å²) >= 11 is 7.65. The Labute approximate surface area is 288 Å².